The Kier molecular flexibility index (Phi) is 1.47. The summed E-state index contributed by atoms with van der Waals surface area (Å²) < 4.78 is 0. The molecule has 0 atom stereocenters. The lowest BCUT2D eigenvalue weighted by Gasteiger charge is -1.94. The van der Waals surface area contributed by atoms with Crippen LogP contribution in [0.15, 0.2) is 18.2 Å². The van der Waals surface area contributed by atoms with Gasteiger partial charge in [0.15, 0.2) is 0 Å². The van der Waals surface area contributed by atoms with Crippen LogP contribution in [0.3, 0.4) is 0 Å². The molecule has 1 aliphatic heterocycles. The second-order valence-electron chi connectivity index (χ2n) is 3.62. The molecule has 0 unspecified atom stereocenters. The van der Waals surface area contributed by atoms with Crippen LogP contribution in [-0.2, 0) is 11.5 Å². The van der Waals surface area contributed by atoms with Crippen LogP contribution >= 0.6 is 11.8 Å². The first-order valence-electron chi connectivity index (χ1n) is 4.52. The number of benzene rings is 1. The number of H-pyrrole nitrogens is 1. The Morgan fingerprint density at radius 2 is 2.23 bits per heavy atom. The van der Waals surface area contributed by atoms with Gasteiger partial charge in [-0.1, -0.05) is 12.1 Å². The Balaban J connectivity index is 2.38. The van der Waals surface area contributed by atoms with Crippen LogP contribution in [0.4, 0.5) is 0 Å². The van der Waals surface area contributed by atoms with Crippen molar-refractivity contribution in [2.24, 2.45) is 0 Å². The van der Waals surface area contributed by atoms with E-state index in [1.165, 1.54) is 33.5 Å². The molecule has 1 nitrogen and oxygen atoms in total. The number of aromatic amines is 1. The van der Waals surface area contributed by atoms with Crippen molar-refractivity contribution in [3.63, 3.8) is 0 Å². The monoisotopic (exact) mass is 189 g/mol. The zero-order chi connectivity index (χ0) is 8.84. The Morgan fingerprint density at radius 1 is 1.31 bits per heavy atom. The summed E-state index contributed by atoms with van der Waals surface area (Å²) in [5.41, 5.74) is 5.61. The van der Waals surface area contributed by atoms with Crippen molar-refractivity contribution < 1.29 is 0 Å². The second kappa shape index (κ2) is 2.55. The molecule has 0 fully saturated rings. The smallest absolute Gasteiger partial charge is 0.0462 e. The number of aryl methyl sites for hydroxylation is 1. The predicted molar refractivity (Wildman–Crippen MR) is 58.0 cm³/mol. The Morgan fingerprint density at radius 3 is 3.15 bits per heavy atom. The maximum atomic E-state index is 3.50. The van der Waals surface area contributed by atoms with Gasteiger partial charge in [-0.2, -0.15) is 11.8 Å². The zero-order valence-corrected chi connectivity index (χ0v) is 8.37. The van der Waals surface area contributed by atoms with Gasteiger partial charge in [0.05, 0.1) is 0 Å². The third-order valence-corrected chi connectivity index (χ3v) is 3.63. The number of hydrogen-bond donors (Lipinski definition) is 1. The lowest BCUT2D eigenvalue weighted by molar-refractivity contribution is 1.25. The zero-order valence-electron chi connectivity index (χ0n) is 7.55. The average Bonchev–Trinajstić information content (AvgIpc) is 2.62. The molecule has 2 heterocycles. The molecule has 2 heteroatoms. The largest absolute Gasteiger partial charge is 0.357 e. The molecule has 3 rings (SSSR count). The molecule has 0 aliphatic carbocycles. The summed E-state index contributed by atoms with van der Waals surface area (Å²) >= 11 is 2.00. The van der Waals surface area contributed by atoms with Crippen molar-refractivity contribution >= 4 is 22.7 Å². The third kappa shape index (κ3) is 1.02. The minimum atomic E-state index is 1.16. The van der Waals surface area contributed by atoms with Gasteiger partial charge in [-0.15, -0.1) is 0 Å². The average molecular weight is 189 g/mol. The van der Waals surface area contributed by atoms with Crippen LogP contribution in [0.2, 0.25) is 0 Å². The first-order chi connectivity index (χ1) is 6.34. The molecular weight excluding hydrogens is 178 g/mol. The first kappa shape index (κ1) is 7.51. The highest BCUT2D eigenvalue weighted by Crippen LogP contribution is 2.35. The van der Waals surface area contributed by atoms with Gasteiger partial charge >= 0.3 is 0 Å². The van der Waals surface area contributed by atoms with Gasteiger partial charge in [0.1, 0.15) is 0 Å². The SMILES string of the molecule is Cc1ccc2c3c([nH]c2c1)CSC3. The number of fused-ring (bicyclic) bond motifs is 3. The van der Waals surface area contributed by atoms with Crippen LogP contribution in [-0.4, -0.2) is 4.98 Å². The topological polar surface area (TPSA) is 15.8 Å². The van der Waals surface area contributed by atoms with Gasteiger partial charge in [0, 0.05) is 28.1 Å². The molecule has 0 saturated heterocycles. The van der Waals surface area contributed by atoms with Crippen molar-refractivity contribution in [2.75, 3.05) is 0 Å². The fourth-order valence-electron chi connectivity index (χ4n) is 1.97. The van der Waals surface area contributed by atoms with E-state index in [0.29, 0.717) is 0 Å². The molecule has 13 heavy (non-hydrogen) atoms. The minimum Gasteiger partial charge on any atom is -0.357 e. The molecule has 0 saturated carbocycles. The number of rotatable bonds is 0. The van der Waals surface area contributed by atoms with Gasteiger partial charge in [0.25, 0.3) is 0 Å². The van der Waals surface area contributed by atoms with Gasteiger partial charge in [-0.25, -0.2) is 0 Å². The summed E-state index contributed by atoms with van der Waals surface area (Å²) in [5, 5.41) is 1.42. The standard InChI is InChI=1S/C11H11NS/c1-7-2-3-8-9-5-13-6-11(9)12-10(8)4-7/h2-4,12H,5-6H2,1H3. The van der Waals surface area contributed by atoms with E-state index < -0.39 is 0 Å². The second-order valence-corrected chi connectivity index (χ2v) is 4.61. The summed E-state index contributed by atoms with van der Waals surface area (Å²) in [6.45, 7) is 2.14. The maximum absolute atomic E-state index is 3.50. The highest BCUT2D eigenvalue weighted by molar-refractivity contribution is 7.98. The van der Waals surface area contributed by atoms with E-state index in [1.54, 1.807) is 0 Å². The van der Waals surface area contributed by atoms with Crippen LogP contribution in [0.1, 0.15) is 16.8 Å². The summed E-state index contributed by atoms with van der Waals surface area (Å²) in [6.07, 6.45) is 0. The van der Waals surface area contributed by atoms with E-state index in [-0.39, 0.29) is 0 Å². The fourth-order valence-corrected chi connectivity index (χ4v) is 3.05. The molecule has 1 aromatic carbocycles. The van der Waals surface area contributed by atoms with E-state index in [0.717, 1.165) is 5.75 Å². The highest BCUT2D eigenvalue weighted by atomic mass is 32.2. The minimum absolute atomic E-state index is 1.16. The first-order valence-corrected chi connectivity index (χ1v) is 5.68. The molecule has 0 amide bonds. The summed E-state index contributed by atoms with van der Waals surface area (Å²) in [4.78, 5) is 3.50. The summed E-state index contributed by atoms with van der Waals surface area (Å²) in [7, 11) is 0. The van der Waals surface area contributed by atoms with E-state index in [9.17, 15) is 0 Å². The molecular formula is C11H11NS. The van der Waals surface area contributed by atoms with Crippen LogP contribution in [0.5, 0.6) is 0 Å². The van der Waals surface area contributed by atoms with Crippen LogP contribution in [0.25, 0.3) is 10.9 Å². The Labute approximate surface area is 81.5 Å². The van der Waals surface area contributed by atoms with Crippen molar-refractivity contribution in [1.82, 2.24) is 4.98 Å². The van der Waals surface area contributed by atoms with Crippen LogP contribution < -0.4 is 0 Å². The molecule has 0 bridgehead atoms. The number of hydrogen-bond acceptors (Lipinski definition) is 1. The molecule has 66 valence electrons. The van der Waals surface area contributed by atoms with Gasteiger partial charge in [-0.3, -0.25) is 0 Å². The van der Waals surface area contributed by atoms with Crippen molar-refractivity contribution in [1.29, 1.82) is 0 Å². The number of aromatic nitrogens is 1. The molecule has 1 aliphatic rings. The van der Waals surface area contributed by atoms with E-state index in [1.807, 2.05) is 11.8 Å². The summed E-state index contributed by atoms with van der Waals surface area (Å²) in [6, 6.07) is 6.67. The lowest BCUT2D eigenvalue weighted by atomic mass is 10.1. The third-order valence-electron chi connectivity index (χ3n) is 2.64. The van der Waals surface area contributed by atoms with Crippen LogP contribution in [0, 0.1) is 6.92 Å². The molecule has 0 radical (unpaired) electrons. The van der Waals surface area contributed by atoms with Gasteiger partial charge < -0.3 is 4.98 Å². The van der Waals surface area contributed by atoms with E-state index >= 15 is 0 Å². The molecule has 1 N–H and O–H groups in total. The summed E-state index contributed by atoms with van der Waals surface area (Å²) in [5.74, 6) is 2.33. The Bertz CT molecular complexity index is 470. The normalized spacial score (nSPS) is 15.2. The van der Waals surface area contributed by atoms with E-state index in [2.05, 4.69) is 30.1 Å². The number of nitrogens with one attached hydrogen (secondary N) is 1. The van der Waals surface area contributed by atoms with Gasteiger partial charge in [-0.05, 0) is 24.1 Å². The number of thioether (sulfide) groups is 1. The van der Waals surface area contributed by atoms with Crippen molar-refractivity contribution in [2.45, 2.75) is 18.4 Å². The predicted octanol–water partition coefficient (Wildman–Crippen LogP) is 3.22. The molecule has 0 spiro atoms. The van der Waals surface area contributed by atoms with Crippen molar-refractivity contribution in [3.8, 4) is 0 Å². The van der Waals surface area contributed by atoms with Crippen molar-refractivity contribution in [3.05, 3.63) is 35.0 Å². The van der Waals surface area contributed by atoms with E-state index in [4.69, 9.17) is 0 Å². The maximum Gasteiger partial charge on any atom is 0.0462 e. The highest BCUT2D eigenvalue weighted by Gasteiger charge is 2.16. The van der Waals surface area contributed by atoms with Gasteiger partial charge in [0.2, 0.25) is 0 Å². The Hall–Kier alpha value is -0.890. The fraction of sp³-hybridized carbons (Fsp3) is 0.273. The molecule has 1 aromatic heterocycles. The lowest BCUT2D eigenvalue weighted by Crippen LogP contribution is -1.74. The quantitative estimate of drug-likeness (QED) is 0.672. The molecule has 2 aromatic rings.